The van der Waals surface area contributed by atoms with Crippen molar-refractivity contribution in [1.29, 1.82) is 0 Å². The highest BCUT2D eigenvalue weighted by Crippen LogP contribution is 2.34. The Bertz CT molecular complexity index is 947. The van der Waals surface area contributed by atoms with Crippen LogP contribution in [0.25, 0.3) is 0 Å². The van der Waals surface area contributed by atoms with E-state index in [2.05, 4.69) is 34.6 Å². The normalized spacial score (nSPS) is 28.8. The first-order valence-electron chi connectivity index (χ1n) is 21.7. The average Bonchev–Trinajstić information content (AvgIpc) is 3.12. The zero-order chi connectivity index (χ0) is 38.9. The molecule has 0 atom stereocenters. The van der Waals surface area contributed by atoms with E-state index in [1.807, 2.05) is 0 Å². The van der Waals surface area contributed by atoms with Crippen LogP contribution >= 0.6 is 0 Å². The lowest BCUT2D eigenvalue weighted by atomic mass is 9.78. The molecule has 8 nitrogen and oxygen atoms in total. The van der Waals surface area contributed by atoms with Crippen LogP contribution < -0.4 is 0 Å². The van der Waals surface area contributed by atoms with Crippen LogP contribution in [0.1, 0.15) is 202 Å². The first kappa shape index (κ1) is 47.9. The lowest BCUT2D eigenvalue weighted by molar-refractivity contribution is -0.144. The van der Waals surface area contributed by atoms with Gasteiger partial charge in [-0.3, -0.25) is 19.2 Å². The summed E-state index contributed by atoms with van der Waals surface area (Å²) < 4.78 is 0. The zero-order valence-corrected chi connectivity index (χ0v) is 34.0. The molecule has 0 heterocycles. The van der Waals surface area contributed by atoms with Crippen molar-refractivity contribution in [2.24, 2.45) is 53.3 Å². The van der Waals surface area contributed by atoms with E-state index in [0.717, 1.165) is 132 Å². The number of aliphatic carboxylic acids is 4. The maximum absolute atomic E-state index is 10.7. The van der Waals surface area contributed by atoms with E-state index in [1.165, 1.54) is 64.2 Å². The summed E-state index contributed by atoms with van der Waals surface area (Å²) in [6.45, 7) is 11.1. The third-order valence-electron chi connectivity index (χ3n) is 12.5. The third kappa shape index (κ3) is 21.5. The minimum Gasteiger partial charge on any atom is -0.481 e. The standard InChI is InChI=1S/C12H22O2.2C11H20O2.C10H18O2/c1-2-3-4-5-10-6-8-11(9-7-10)12(13)14;1-8(2)7-9-3-5-10(6-4-9)11(12)13;1-2-3-4-9-5-7-10(8-6-9)11(12)13;1-2-3-8-4-6-9(7-5-8)10(11)12/h10-11H,2-9H2,1H3,(H,13,14);8-10H,3-7H2,1-2H3,(H,12,13);9-10H,2-8H2,1H3,(H,12,13);8-9H,2-7H2,1H3,(H,11,12). The molecule has 0 aromatic heterocycles. The molecule has 0 saturated heterocycles. The smallest absolute Gasteiger partial charge is 0.306 e. The second kappa shape index (κ2) is 28.3. The third-order valence-corrected chi connectivity index (χ3v) is 12.5. The number of carboxylic acids is 4. The molecule has 4 fully saturated rings. The Morgan fingerprint density at radius 3 is 0.962 bits per heavy atom. The second-order valence-electron chi connectivity index (χ2n) is 17.3. The Balaban J connectivity index is 0.000000347. The molecule has 0 aromatic carbocycles. The highest BCUT2D eigenvalue weighted by molar-refractivity contribution is 5.71. The molecule has 0 unspecified atom stereocenters. The summed E-state index contributed by atoms with van der Waals surface area (Å²) in [7, 11) is 0. The molecule has 0 bridgehead atoms. The Labute approximate surface area is 317 Å². The summed E-state index contributed by atoms with van der Waals surface area (Å²) in [5.74, 6) is 1.44. The van der Waals surface area contributed by atoms with Crippen molar-refractivity contribution in [2.75, 3.05) is 0 Å². The van der Waals surface area contributed by atoms with Crippen LogP contribution in [0.2, 0.25) is 0 Å². The predicted octanol–water partition coefficient (Wildman–Crippen LogP) is 12.1. The number of carboxylic acid groups (broad SMARTS) is 4. The Morgan fingerprint density at radius 2 is 0.692 bits per heavy atom. The Kier molecular flexibility index (Phi) is 26.1. The van der Waals surface area contributed by atoms with Crippen molar-refractivity contribution in [1.82, 2.24) is 0 Å². The predicted molar refractivity (Wildman–Crippen MR) is 210 cm³/mol. The van der Waals surface area contributed by atoms with Gasteiger partial charge >= 0.3 is 23.9 Å². The van der Waals surface area contributed by atoms with Gasteiger partial charge in [-0.15, -0.1) is 0 Å². The quantitative estimate of drug-likeness (QED) is 0.121. The van der Waals surface area contributed by atoms with Crippen LogP contribution in [-0.4, -0.2) is 44.3 Å². The minimum atomic E-state index is -0.594. The Morgan fingerprint density at radius 1 is 0.404 bits per heavy atom. The van der Waals surface area contributed by atoms with E-state index in [9.17, 15) is 19.2 Å². The molecule has 4 saturated carbocycles. The fourth-order valence-electron chi connectivity index (χ4n) is 8.99. The number of rotatable bonds is 15. The molecule has 4 N–H and O–H groups in total. The lowest BCUT2D eigenvalue weighted by Crippen LogP contribution is -2.22. The minimum absolute atomic E-state index is 0.0434. The van der Waals surface area contributed by atoms with Crippen LogP contribution in [0.3, 0.4) is 0 Å². The van der Waals surface area contributed by atoms with Crippen molar-refractivity contribution in [3.63, 3.8) is 0 Å². The highest BCUT2D eigenvalue weighted by Gasteiger charge is 2.28. The van der Waals surface area contributed by atoms with E-state index in [0.29, 0.717) is 0 Å². The van der Waals surface area contributed by atoms with E-state index >= 15 is 0 Å². The molecule has 4 aliphatic carbocycles. The topological polar surface area (TPSA) is 149 Å². The monoisotopic (exact) mass is 737 g/mol. The van der Waals surface area contributed by atoms with Crippen molar-refractivity contribution in [2.45, 2.75) is 202 Å². The Hall–Kier alpha value is -2.12. The first-order chi connectivity index (χ1) is 24.8. The average molecular weight is 737 g/mol. The summed E-state index contributed by atoms with van der Waals surface area (Å²) in [6.07, 6.45) is 29.2. The molecule has 0 amide bonds. The molecule has 8 heteroatoms. The highest BCUT2D eigenvalue weighted by atomic mass is 16.4. The van der Waals surface area contributed by atoms with Gasteiger partial charge in [0.2, 0.25) is 0 Å². The van der Waals surface area contributed by atoms with Crippen LogP contribution in [0.4, 0.5) is 0 Å². The summed E-state index contributed by atoms with van der Waals surface area (Å²) >= 11 is 0. The van der Waals surface area contributed by atoms with Crippen LogP contribution in [0, 0.1) is 53.3 Å². The molecule has 0 radical (unpaired) electrons. The number of hydrogen-bond donors (Lipinski definition) is 4. The van der Waals surface area contributed by atoms with Gasteiger partial charge in [0, 0.05) is 0 Å². The van der Waals surface area contributed by atoms with E-state index in [-0.39, 0.29) is 23.7 Å². The molecule has 0 spiro atoms. The van der Waals surface area contributed by atoms with Crippen molar-refractivity contribution >= 4 is 23.9 Å². The largest absolute Gasteiger partial charge is 0.481 e. The van der Waals surface area contributed by atoms with Crippen LogP contribution in [0.15, 0.2) is 0 Å². The summed E-state index contributed by atoms with van der Waals surface area (Å²) in [5, 5.41) is 35.2. The molecule has 52 heavy (non-hydrogen) atoms. The number of unbranched alkanes of at least 4 members (excludes halogenated alkanes) is 3. The molecule has 4 aliphatic rings. The van der Waals surface area contributed by atoms with Crippen LogP contribution in [-0.2, 0) is 19.2 Å². The van der Waals surface area contributed by atoms with Gasteiger partial charge in [-0.25, -0.2) is 0 Å². The molecule has 0 aromatic rings. The number of hydrogen-bond acceptors (Lipinski definition) is 4. The van der Waals surface area contributed by atoms with Crippen molar-refractivity contribution in [3.05, 3.63) is 0 Å². The van der Waals surface area contributed by atoms with Gasteiger partial charge in [0.05, 0.1) is 23.7 Å². The maximum atomic E-state index is 10.7. The zero-order valence-electron chi connectivity index (χ0n) is 34.0. The van der Waals surface area contributed by atoms with E-state index in [1.54, 1.807) is 0 Å². The van der Waals surface area contributed by atoms with Gasteiger partial charge in [0.15, 0.2) is 0 Å². The first-order valence-corrected chi connectivity index (χ1v) is 21.7. The summed E-state index contributed by atoms with van der Waals surface area (Å²) in [6, 6.07) is 0. The van der Waals surface area contributed by atoms with Gasteiger partial charge in [-0.1, -0.05) is 92.4 Å². The molecule has 4 rings (SSSR count). The van der Waals surface area contributed by atoms with Gasteiger partial charge in [0.1, 0.15) is 0 Å². The van der Waals surface area contributed by atoms with Crippen LogP contribution in [0.5, 0.6) is 0 Å². The van der Waals surface area contributed by atoms with Gasteiger partial charge in [-0.05, 0) is 139 Å². The summed E-state index contributed by atoms with van der Waals surface area (Å²) in [4.78, 5) is 42.7. The van der Waals surface area contributed by atoms with Crippen molar-refractivity contribution in [3.8, 4) is 0 Å². The van der Waals surface area contributed by atoms with Crippen molar-refractivity contribution < 1.29 is 39.6 Å². The number of carbonyl (C=O) groups is 4. The van der Waals surface area contributed by atoms with Gasteiger partial charge in [0.25, 0.3) is 0 Å². The van der Waals surface area contributed by atoms with Gasteiger partial charge < -0.3 is 20.4 Å². The molecule has 0 aliphatic heterocycles. The van der Waals surface area contributed by atoms with E-state index in [4.69, 9.17) is 20.4 Å². The lowest BCUT2D eigenvalue weighted by Gasteiger charge is -2.27. The molecule has 304 valence electrons. The van der Waals surface area contributed by atoms with E-state index < -0.39 is 23.9 Å². The second-order valence-corrected chi connectivity index (χ2v) is 17.3. The fraction of sp³-hybridized carbons (Fsp3) is 0.909. The fourth-order valence-corrected chi connectivity index (χ4v) is 8.99. The summed E-state index contributed by atoms with van der Waals surface area (Å²) in [5.41, 5.74) is 0. The SMILES string of the molecule is CC(C)CC1CCC(C(=O)O)CC1.CCCC1CCC(C(=O)O)CC1.CCCCC1CCC(C(=O)O)CC1.CCCCCC1CCC(C(=O)O)CC1. The van der Waals surface area contributed by atoms with Gasteiger partial charge in [-0.2, -0.15) is 0 Å². The molecular weight excluding hydrogens is 656 g/mol. The molecular formula is C44H80O8. The maximum Gasteiger partial charge on any atom is 0.306 e.